The molecule has 0 spiro atoms. The first kappa shape index (κ1) is 18.7. The third-order valence-electron chi connectivity index (χ3n) is 5.34. The van der Waals surface area contributed by atoms with Crippen molar-refractivity contribution in [3.63, 3.8) is 0 Å². The van der Waals surface area contributed by atoms with Gasteiger partial charge in [-0.3, -0.25) is 4.90 Å². The van der Waals surface area contributed by atoms with Gasteiger partial charge in [0.15, 0.2) is 5.13 Å². The van der Waals surface area contributed by atoms with Gasteiger partial charge in [0.05, 0.1) is 18.9 Å². The average Bonchev–Trinajstić information content (AvgIpc) is 3.19. The lowest BCUT2D eigenvalue weighted by Gasteiger charge is -2.34. The zero-order valence-corrected chi connectivity index (χ0v) is 16.9. The van der Waals surface area contributed by atoms with E-state index in [4.69, 9.17) is 9.72 Å². The van der Waals surface area contributed by atoms with E-state index in [9.17, 15) is 0 Å². The molecule has 2 aliphatic rings. The summed E-state index contributed by atoms with van der Waals surface area (Å²) < 4.78 is 5.39. The van der Waals surface area contributed by atoms with E-state index < -0.39 is 0 Å². The fourth-order valence-electron chi connectivity index (χ4n) is 3.54. The zero-order valence-electron chi connectivity index (χ0n) is 16.1. The Kier molecular flexibility index (Phi) is 6.24. The van der Waals surface area contributed by atoms with Gasteiger partial charge in [-0.1, -0.05) is 12.1 Å². The second-order valence-electron chi connectivity index (χ2n) is 7.26. The summed E-state index contributed by atoms with van der Waals surface area (Å²) in [5.41, 5.74) is 3.55. The molecule has 0 atom stereocenters. The SMILES string of the molecule is CN1CCN(c2ccc(-c3csc(NCCN4CCOCC4)n3)cc2)CC1. The standard InChI is InChI=1S/C20H29N5OS/c1-23-8-10-25(11-9-23)18-4-2-17(3-5-18)19-16-27-20(22-19)21-6-7-24-12-14-26-15-13-24/h2-5,16H,6-15H2,1H3,(H,21,22). The molecular weight excluding hydrogens is 358 g/mol. The van der Waals surface area contributed by atoms with Gasteiger partial charge in [0.2, 0.25) is 0 Å². The van der Waals surface area contributed by atoms with E-state index in [1.807, 2.05) is 0 Å². The molecule has 1 N–H and O–H groups in total. The monoisotopic (exact) mass is 387 g/mol. The van der Waals surface area contributed by atoms with Crippen LogP contribution in [0.3, 0.4) is 0 Å². The number of aromatic nitrogens is 1. The Labute approximate surface area is 165 Å². The van der Waals surface area contributed by atoms with Crippen LogP contribution in [0.5, 0.6) is 0 Å². The van der Waals surface area contributed by atoms with Crippen molar-refractivity contribution < 1.29 is 4.74 Å². The first-order chi connectivity index (χ1) is 13.3. The summed E-state index contributed by atoms with van der Waals surface area (Å²) in [6, 6.07) is 8.84. The molecule has 0 saturated carbocycles. The molecule has 0 bridgehead atoms. The Balaban J connectivity index is 1.30. The second-order valence-corrected chi connectivity index (χ2v) is 8.11. The Morgan fingerprint density at radius 1 is 1.04 bits per heavy atom. The topological polar surface area (TPSA) is 43.9 Å². The number of ether oxygens (including phenoxy) is 1. The van der Waals surface area contributed by atoms with Crippen molar-refractivity contribution >= 4 is 22.2 Å². The molecule has 27 heavy (non-hydrogen) atoms. The lowest BCUT2D eigenvalue weighted by Crippen LogP contribution is -2.44. The highest BCUT2D eigenvalue weighted by Gasteiger charge is 2.14. The summed E-state index contributed by atoms with van der Waals surface area (Å²) in [4.78, 5) is 12.0. The van der Waals surface area contributed by atoms with Crippen LogP contribution in [-0.2, 0) is 4.74 Å². The van der Waals surface area contributed by atoms with E-state index in [-0.39, 0.29) is 0 Å². The fraction of sp³-hybridized carbons (Fsp3) is 0.550. The number of hydrogen-bond acceptors (Lipinski definition) is 7. The Morgan fingerprint density at radius 2 is 1.78 bits per heavy atom. The van der Waals surface area contributed by atoms with Crippen LogP contribution in [0.2, 0.25) is 0 Å². The number of hydrogen-bond donors (Lipinski definition) is 1. The third-order valence-corrected chi connectivity index (χ3v) is 6.14. The Hall–Kier alpha value is -1.67. The van der Waals surface area contributed by atoms with Gasteiger partial charge < -0.3 is 19.9 Å². The predicted octanol–water partition coefficient (Wildman–Crippen LogP) is 2.31. The van der Waals surface area contributed by atoms with Gasteiger partial charge in [0, 0.05) is 69.0 Å². The molecular formula is C20H29N5OS. The van der Waals surface area contributed by atoms with Crippen molar-refractivity contribution in [1.29, 1.82) is 0 Å². The molecule has 0 radical (unpaired) electrons. The van der Waals surface area contributed by atoms with Gasteiger partial charge in [-0.15, -0.1) is 11.3 Å². The summed E-state index contributed by atoms with van der Waals surface area (Å²) in [6.07, 6.45) is 0. The van der Waals surface area contributed by atoms with Crippen molar-refractivity contribution in [2.24, 2.45) is 0 Å². The molecule has 6 nitrogen and oxygen atoms in total. The number of likely N-dealkylation sites (N-methyl/N-ethyl adjacent to an activating group) is 1. The summed E-state index contributed by atoms with van der Waals surface area (Å²) in [5.74, 6) is 0. The van der Waals surface area contributed by atoms with E-state index in [1.54, 1.807) is 11.3 Å². The minimum atomic E-state index is 0.853. The van der Waals surface area contributed by atoms with Gasteiger partial charge in [-0.05, 0) is 19.2 Å². The number of anilines is 2. The molecule has 2 aromatic rings. The van der Waals surface area contributed by atoms with Crippen LogP contribution < -0.4 is 10.2 Å². The lowest BCUT2D eigenvalue weighted by atomic mass is 10.1. The van der Waals surface area contributed by atoms with Crippen molar-refractivity contribution in [2.45, 2.75) is 0 Å². The first-order valence-electron chi connectivity index (χ1n) is 9.81. The first-order valence-corrected chi connectivity index (χ1v) is 10.7. The largest absolute Gasteiger partial charge is 0.379 e. The number of nitrogens with one attached hydrogen (secondary N) is 1. The Bertz CT molecular complexity index is 705. The molecule has 2 saturated heterocycles. The van der Waals surface area contributed by atoms with Crippen molar-refractivity contribution in [1.82, 2.24) is 14.8 Å². The number of thiazole rings is 1. The zero-order chi connectivity index (χ0) is 18.5. The van der Waals surface area contributed by atoms with E-state index in [1.165, 1.54) is 11.3 Å². The molecule has 1 aromatic carbocycles. The van der Waals surface area contributed by atoms with Crippen LogP contribution in [0.25, 0.3) is 11.3 Å². The van der Waals surface area contributed by atoms with Gasteiger partial charge >= 0.3 is 0 Å². The summed E-state index contributed by atoms with van der Waals surface area (Å²) in [5, 5.41) is 6.60. The van der Waals surface area contributed by atoms with Gasteiger partial charge in [-0.2, -0.15) is 0 Å². The molecule has 146 valence electrons. The number of nitrogens with zero attached hydrogens (tertiary/aromatic N) is 4. The number of piperazine rings is 1. The molecule has 3 heterocycles. The van der Waals surface area contributed by atoms with Crippen LogP contribution in [0.1, 0.15) is 0 Å². The maximum atomic E-state index is 5.39. The van der Waals surface area contributed by atoms with Crippen LogP contribution in [0.4, 0.5) is 10.8 Å². The molecule has 0 aliphatic carbocycles. The van der Waals surface area contributed by atoms with Gasteiger partial charge in [0.25, 0.3) is 0 Å². The molecule has 0 unspecified atom stereocenters. The summed E-state index contributed by atoms with van der Waals surface area (Å²) in [7, 11) is 2.19. The molecule has 2 aliphatic heterocycles. The van der Waals surface area contributed by atoms with E-state index in [0.29, 0.717) is 0 Å². The fourth-order valence-corrected chi connectivity index (χ4v) is 4.29. The maximum absolute atomic E-state index is 5.39. The minimum absolute atomic E-state index is 0.853. The average molecular weight is 388 g/mol. The second kappa shape index (κ2) is 9.01. The number of benzene rings is 1. The summed E-state index contributed by atoms with van der Waals surface area (Å²) in [6.45, 7) is 10.2. The van der Waals surface area contributed by atoms with Gasteiger partial charge in [-0.25, -0.2) is 4.98 Å². The third kappa shape index (κ3) is 4.99. The van der Waals surface area contributed by atoms with Crippen LogP contribution in [0.15, 0.2) is 29.6 Å². The van der Waals surface area contributed by atoms with Crippen LogP contribution in [-0.4, -0.2) is 87.4 Å². The molecule has 7 heteroatoms. The quantitative estimate of drug-likeness (QED) is 0.821. The molecule has 2 fully saturated rings. The van der Waals surface area contributed by atoms with E-state index in [0.717, 1.165) is 76.4 Å². The maximum Gasteiger partial charge on any atom is 0.183 e. The molecule has 0 amide bonds. The highest BCUT2D eigenvalue weighted by atomic mass is 32.1. The van der Waals surface area contributed by atoms with Crippen molar-refractivity contribution in [3.05, 3.63) is 29.6 Å². The number of rotatable bonds is 6. The highest BCUT2D eigenvalue weighted by molar-refractivity contribution is 7.14. The van der Waals surface area contributed by atoms with Crippen LogP contribution in [0, 0.1) is 0 Å². The van der Waals surface area contributed by atoms with Crippen LogP contribution >= 0.6 is 11.3 Å². The molecule has 4 rings (SSSR count). The summed E-state index contributed by atoms with van der Waals surface area (Å²) >= 11 is 1.68. The predicted molar refractivity (Wildman–Crippen MR) is 113 cm³/mol. The van der Waals surface area contributed by atoms with E-state index in [2.05, 4.69) is 56.7 Å². The normalized spacial score (nSPS) is 19.4. The highest BCUT2D eigenvalue weighted by Crippen LogP contribution is 2.27. The lowest BCUT2D eigenvalue weighted by molar-refractivity contribution is 0.0398. The van der Waals surface area contributed by atoms with Gasteiger partial charge in [0.1, 0.15) is 0 Å². The van der Waals surface area contributed by atoms with E-state index >= 15 is 0 Å². The smallest absolute Gasteiger partial charge is 0.183 e. The number of morpholine rings is 1. The van der Waals surface area contributed by atoms with Crippen molar-refractivity contribution in [3.8, 4) is 11.3 Å². The molecule has 1 aromatic heterocycles. The minimum Gasteiger partial charge on any atom is -0.379 e. The Morgan fingerprint density at radius 3 is 2.52 bits per heavy atom. The van der Waals surface area contributed by atoms with Crippen molar-refractivity contribution in [2.75, 3.05) is 82.8 Å².